The number of anilines is 1. The van der Waals surface area contributed by atoms with Crippen LogP contribution in [-0.2, 0) is 31.1 Å². The third-order valence-electron chi connectivity index (χ3n) is 11.5. The number of hydrogen-bond acceptors (Lipinski definition) is 9. The van der Waals surface area contributed by atoms with Crippen molar-refractivity contribution in [3.63, 3.8) is 0 Å². The van der Waals surface area contributed by atoms with Crippen LogP contribution in [-0.4, -0.2) is 69.6 Å². The first kappa shape index (κ1) is 33.3. The number of aromatic nitrogens is 2. The molecule has 11 heteroatoms. The first-order valence-electron chi connectivity index (χ1n) is 17.1. The molecule has 2 saturated carbocycles. The number of hydrogen-bond donors (Lipinski definition) is 0. The van der Waals surface area contributed by atoms with E-state index in [1.54, 1.807) is 19.2 Å². The van der Waals surface area contributed by atoms with Crippen LogP contribution in [0.25, 0.3) is 0 Å². The summed E-state index contributed by atoms with van der Waals surface area (Å²) in [5, 5.41) is 0.154. The van der Waals surface area contributed by atoms with Crippen LogP contribution in [0.3, 0.4) is 0 Å². The Morgan fingerprint density at radius 3 is 2.67 bits per heavy atom. The van der Waals surface area contributed by atoms with E-state index < -0.39 is 15.1 Å². The van der Waals surface area contributed by atoms with Crippen LogP contribution >= 0.6 is 11.6 Å². The molecule has 1 unspecified atom stereocenters. The lowest BCUT2D eigenvalue weighted by atomic mass is 9.65. The molecule has 0 saturated heterocycles. The van der Waals surface area contributed by atoms with Gasteiger partial charge in [0.25, 0.3) is 0 Å². The molecule has 4 aliphatic rings. The van der Waals surface area contributed by atoms with Crippen molar-refractivity contribution >= 4 is 33.1 Å². The predicted molar refractivity (Wildman–Crippen MR) is 184 cm³/mol. The highest BCUT2D eigenvalue weighted by Crippen LogP contribution is 2.48. The maximum Gasteiger partial charge on any atom is 0.337 e. The fraction of sp³-hybridized carbons (Fsp3) is 0.541. The van der Waals surface area contributed by atoms with Crippen LogP contribution in [0.5, 0.6) is 5.75 Å². The van der Waals surface area contributed by atoms with Crippen molar-refractivity contribution in [1.29, 1.82) is 0 Å². The number of ether oxygens (including phenoxy) is 3. The second-order valence-corrected chi connectivity index (χ2v) is 16.7. The third-order valence-corrected chi connectivity index (χ3v) is 13.7. The number of halogens is 1. The predicted octanol–water partition coefficient (Wildman–Crippen LogP) is 6.46. The lowest BCUT2D eigenvalue weighted by molar-refractivity contribution is -0.0589. The Hall–Kier alpha value is -3.21. The van der Waals surface area contributed by atoms with Gasteiger partial charge in [0.1, 0.15) is 5.75 Å². The molecule has 0 radical (unpaired) electrons. The number of aryl methyl sites for hydroxylation is 1. The van der Waals surface area contributed by atoms with E-state index in [0.29, 0.717) is 36.8 Å². The van der Waals surface area contributed by atoms with E-state index in [1.165, 1.54) is 30.6 Å². The van der Waals surface area contributed by atoms with Crippen LogP contribution in [0.15, 0.2) is 60.0 Å². The molecule has 1 aliphatic heterocycles. The molecule has 0 bridgehead atoms. The van der Waals surface area contributed by atoms with E-state index in [4.69, 9.17) is 25.8 Å². The van der Waals surface area contributed by atoms with Crippen molar-refractivity contribution in [3.8, 4) is 5.75 Å². The van der Waals surface area contributed by atoms with Gasteiger partial charge in [-0.1, -0.05) is 24.1 Å². The summed E-state index contributed by atoms with van der Waals surface area (Å²) in [7, 11) is -0.452. The molecule has 6 atom stereocenters. The molecule has 2 aromatic carbocycles. The molecule has 2 heterocycles. The second-order valence-electron chi connectivity index (χ2n) is 14.1. The number of sulfone groups is 1. The summed E-state index contributed by atoms with van der Waals surface area (Å²) in [5.74, 6) is 1.15. The van der Waals surface area contributed by atoms with E-state index >= 15 is 0 Å². The van der Waals surface area contributed by atoms with Crippen molar-refractivity contribution in [1.82, 2.24) is 9.97 Å². The van der Waals surface area contributed by atoms with Gasteiger partial charge in [-0.05, 0) is 117 Å². The zero-order chi connectivity index (χ0) is 33.5. The Kier molecular flexibility index (Phi) is 9.43. The minimum atomic E-state index is -3.63. The Bertz CT molecular complexity index is 1760. The monoisotopic (exact) mass is 693 g/mol. The number of methoxy groups -OCH3 is 2. The lowest BCUT2D eigenvalue weighted by Crippen LogP contribution is -2.51. The standard InChI is InChI=1S/C37H44ClN3O6S/c1-45-34(25-6-3-8-29(19-25)48(43,44)36-39-16-5-17-40-36)30-12-9-27(30)21-41-22-37(15-4-7-24-18-28(38)11-13-31(24)37)23-47-33-14-10-26(20-32(33)41)35(42)46-2/h5,10-11,13-14,16-18,20,25,27,29-30,34H,3-4,6-9,12,15,19,21-23H2,1-2H3/t25-,27-,29+,30+,34+,37?/m0/s1. The smallest absolute Gasteiger partial charge is 0.337 e. The highest BCUT2D eigenvalue weighted by molar-refractivity contribution is 7.91. The zero-order valence-electron chi connectivity index (χ0n) is 27.6. The summed E-state index contributed by atoms with van der Waals surface area (Å²) in [6, 6.07) is 13.5. The van der Waals surface area contributed by atoms with Gasteiger partial charge in [0, 0.05) is 43.0 Å². The fourth-order valence-electron chi connectivity index (χ4n) is 8.96. The first-order chi connectivity index (χ1) is 23.2. The number of carbonyl (C=O) groups excluding carboxylic acids is 1. The molecular weight excluding hydrogens is 650 g/mol. The van der Waals surface area contributed by atoms with Gasteiger partial charge in [0.2, 0.25) is 15.0 Å². The summed E-state index contributed by atoms with van der Waals surface area (Å²) in [6.07, 6.45) is 11.0. The van der Waals surface area contributed by atoms with E-state index in [0.717, 1.165) is 74.5 Å². The zero-order valence-corrected chi connectivity index (χ0v) is 29.2. The van der Waals surface area contributed by atoms with Gasteiger partial charge in [0.15, 0.2) is 0 Å². The average Bonchev–Trinajstić information content (AvgIpc) is 3.25. The average molecular weight is 694 g/mol. The molecule has 3 aliphatic carbocycles. The fourth-order valence-corrected chi connectivity index (χ4v) is 10.8. The number of rotatable bonds is 8. The molecule has 2 fully saturated rings. The van der Waals surface area contributed by atoms with Crippen molar-refractivity contribution in [2.75, 3.05) is 38.8 Å². The Balaban J connectivity index is 1.16. The van der Waals surface area contributed by atoms with Gasteiger partial charge in [-0.2, -0.15) is 0 Å². The highest BCUT2D eigenvalue weighted by atomic mass is 35.5. The molecule has 1 spiro atoms. The van der Waals surface area contributed by atoms with E-state index in [2.05, 4.69) is 27.0 Å². The van der Waals surface area contributed by atoms with E-state index in [-0.39, 0.29) is 28.6 Å². The summed E-state index contributed by atoms with van der Waals surface area (Å²) in [6.45, 7) is 2.07. The van der Waals surface area contributed by atoms with Gasteiger partial charge >= 0.3 is 5.97 Å². The molecule has 3 aromatic rings. The van der Waals surface area contributed by atoms with E-state index in [9.17, 15) is 13.2 Å². The van der Waals surface area contributed by atoms with Crippen LogP contribution in [0.4, 0.5) is 5.69 Å². The SMILES string of the molecule is COC(=O)c1ccc2c(c1)N(C[C@@H]1CC[C@H]1[C@H](OC)[C@H]1CCC[C@@H](S(=O)(=O)c3ncccn3)C1)CC1(CCCc3cc(Cl)ccc31)CO2. The minimum absolute atomic E-state index is 0.0472. The summed E-state index contributed by atoms with van der Waals surface area (Å²) < 4.78 is 45.0. The topological polar surface area (TPSA) is 108 Å². The molecule has 9 nitrogen and oxygen atoms in total. The molecule has 48 heavy (non-hydrogen) atoms. The molecule has 256 valence electrons. The maximum atomic E-state index is 13.5. The van der Waals surface area contributed by atoms with Crippen molar-refractivity contribution in [3.05, 3.63) is 76.6 Å². The van der Waals surface area contributed by atoms with Crippen LogP contribution in [0, 0.1) is 17.8 Å². The van der Waals surface area contributed by atoms with Crippen LogP contribution < -0.4 is 9.64 Å². The Labute approximate surface area is 288 Å². The van der Waals surface area contributed by atoms with Gasteiger partial charge in [-0.15, -0.1) is 0 Å². The van der Waals surface area contributed by atoms with Gasteiger partial charge in [-0.3, -0.25) is 0 Å². The number of fused-ring (bicyclic) bond motifs is 3. The largest absolute Gasteiger partial charge is 0.490 e. The maximum absolute atomic E-state index is 13.5. The summed E-state index contributed by atoms with van der Waals surface area (Å²) in [5.41, 5.74) is 3.74. The minimum Gasteiger partial charge on any atom is -0.490 e. The quantitative estimate of drug-likeness (QED) is 0.194. The van der Waals surface area contributed by atoms with E-state index in [1.807, 2.05) is 18.2 Å². The molecule has 0 N–H and O–H groups in total. The molecular formula is C37H44ClN3O6S. The number of esters is 1. The second kappa shape index (κ2) is 13.6. The van der Waals surface area contributed by atoms with Crippen molar-refractivity contribution < 1.29 is 27.4 Å². The first-order valence-corrected chi connectivity index (χ1v) is 19.1. The normalized spacial score (nSPS) is 27.5. The van der Waals surface area contributed by atoms with Crippen molar-refractivity contribution in [2.24, 2.45) is 17.8 Å². The molecule has 7 rings (SSSR count). The van der Waals surface area contributed by atoms with Gasteiger partial charge < -0.3 is 19.1 Å². The van der Waals surface area contributed by atoms with Crippen LogP contribution in [0.1, 0.15) is 72.9 Å². The number of carbonyl (C=O) groups is 1. The number of nitrogens with zero attached hydrogens (tertiary/aromatic N) is 3. The van der Waals surface area contributed by atoms with Crippen LogP contribution in [0.2, 0.25) is 5.02 Å². The summed E-state index contributed by atoms with van der Waals surface area (Å²) in [4.78, 5) is 23.2. The summed E-state index contributed by atoms with van der Waals surface area (Å²) >= 11 is 6.45. The van der Waals surface area contributed by atoms with Gasteiger partial charge in [-0.25, -0.2) is 23.2 Å². The third kappa shape index (κ3) is 6.20. The molecule has 1 aromatic heterocycles. The van der Waals surface area contributed by atoms with Gasteiger partial charge in [0.05, 0.1) is 36.3 Å². The highest BCUT2D eigenvalue weighted by Gasteiger charge is 2.47. The molecule has 0 amide bonds. The van der Waals surface area contributed by atoms with Crippen molar-refractivity contribution in [2.45, 2.75) is 79.7 Å². The Morgan fingerprint density at radius 1 is 1.08 bits per heavy atom. The number of benzene rings is 2. The lowest BCUT2D eigenvalue weighted by Gasteiger charge is -2.48. The Morgan fingerprint density at radius 2 is 1.92 bits per heavy atom.